The average Bonchev–Trinajstić information content (AvgIpc) is 2.71. The highest BCUT2D eigenvalue weighted by atomic mass is 79.9. The molecule has 2 rings (SSSR count). The number of aromatic amines is 1. The van der Waals surface area contributed by atoms with Gasteiger partial charge in [-0.05, 0) is 12.1 Å². The van der Waals surface area contributed by atoms with Crippen molar-refractivity contribution in [2.75, 3.05) is 12.4 Å². The summed E-state index contributed by atoms with van der Waals surface area (Å²) in [5, 5.41) is 1.17. The monoisotopic (exact) mass is 267 g/mol. The number of fused-ring (bicyclic) bond motifs is 1. The number of aromatic nitrogens is 1. The Balaban J connectivity index is 2.71. The molecule has 0 saturated carbocycles. The summed E-state index contributed by atoms with van der Waals surface area (Å²) in [7, 11) is 1.60. The summed E-state index contributed by atoms with van der Waals surface area (Å²) in [4.78, 5) is 14.7. The maximum Gasteiger partial charge on any atom is 0.175 e. The Labute approximate surface area is 95.6 Å². The van der Waals surface area contributed by atoms with Gasteiger partial charge in [0, 0.05) is 17.3 Å². The first-order chi connectivity index (χ1) is 7.27. The normalized spacial score (nSPS) is 10.5. The van der Waals surface area contributed by atoms with Crippen molar-refractivity contribution in [3.63, 3.8) is 0 Å². The summed E-state index contributed by atoms with van der Waals surface area (Å²) < 4.78 is 5.23. The van der Waals surface area contributed by atoms with E-state index in [-0.39, 0.29) is 5.78 Å². The van der Waals surface area contributed by atoms with Gasteiger partial charge in [-0.1, -0.05) is 22.0 Å². The van der Waals surface area contributed by atoms with Gasteiger partial charge >= 0.3 is 0 Å². The van der Waals surface area contributed by atoms with Crippen LogP contribution in [0.1, 0.15) is 10.4 Å². The van der Waals surface area contributed by atoms with Crippen molar-refractivity contribution in [3.8, 4) is 5.75 Å². The van der Waals surface area contributed by atoms with Gasteiger partial charge in [-0.2, -0.15) is 0 Å². The molecule has 0 bridgehead atoms. The van der Waals surface area contributed by atoms with E-state index >= 15 is 0 Å². The van der Waals surface area contributed by atoms with Gasteiger partial charge in [0.1, 0.15) is 5.75 Å². The molecule has 78 valence electrons. The van der Waals surface area contributed by atoms with Crippen molar-refractivity contribution in [1.82, 2.24) is 4.98 Å². The van der Waals surface area contributed by atoms with E-state index in [1.54, 1.807) is 13.3 Å². The number of carbonyl (C=O) groups excluding carboxylic acids is 1. The lowest BCUT2D eigenvalue weighted by molar-refractivity contribution is 0.102. The van der Waals surface area contributed by atoms with Crippen LogP contribution in [0.25, 0.3) is 10.9 Å². The van der Waals surface area contributed by atoms with Gasteiger partial charge in [0.2, 0.25) is 0 Å². The maximum absolute atomic E-state index is 11.6. The van der Waals surface area contributed by atoms with Gasteiger partial charge in [-0.15, -0.1) is 0 Å². The molecular formula is C11H10BrNO2. The third-order valence-corrected chi connectivity index (χ3v) is 2.82. The van der Waals surface area contributed by atoms with Crippen LogP contribution in [0.5, 0.6) is 5.75 Å². The predicted molar refractivity (Wildman–Crippen MR) is 63.0 cm³/mol. The standard InChI is InChI=1S/C11H10BrNO2/c1-15-10-4-2-3-8-11(10)7(6-13-8)9(14)5-12/h2-4,6,13H,5H2,1H3. The summed E-state index contributed by atoms with van der Waals surface area (Å²) >= 11 is 3.16. The second-order valence-corrected chi connectivity index (χ2v) is 3.70. The number of halogens is 1. The highest BCUT2D eigenvalue weighted by Gasteiger charge is 2.13. The molecule has 1 heterocycles. The Morgan fingerprint density at radius 2 is 2.33 bits per heavy atom. The number of methoxy groups -OCH3 is 1. The van der Waals surface area contributed by atoms with E-state index in [4.69, 9.17) is 4.74 Å². The summed E-state index contributed by atoms with van der Waals surface area (Å²) in [6.07, 6.45) is 1.72. The number of hydrogen-bond acceptors (Lipinski definition) is 2. The van der Waals surface area contributed by atoms with Crippen LogP contribution >= 0.6 is 15.9 Å². The van der Waals surface area contributed by atoms with E-state index in [9.17, 15) is 4.79 Å². The lowest BCUT2D eigenvalue weighted by Gasteiger charge is -2.02. The van der Waals surface area contributed by atoms with E-state index in [0.29, 0.717) is 10.9 Å². The van der Waals surface area contributed by atoms with E-state index in [1.165, 1.54) is 0 Å². The first kappa shape index (κ1) is 10.2. The summed E-state index contributed by atoms with van der Waals surface area (Å²) in [6, 6.07) is 5.66. The number of ketones is 1. The molecule has 1 aromatic heterocycles. The molecule has 0 amide bonds. The molecule has 0 aliphatic rings. The number of H-pyrrole nitrogens is 1. The molecule has 0 aliphatic heterocycles. The second-order valence-electron chi connectivity index (χ2n) is 3.14. The van der Waals surface area contributed by atoms with Crippen LogP contribution in [0.15, 0.2) is 24.4 Å². The average molecular weight is 268 g/mol. The molecule has 4 heteroatoms. The molecule has 3 nitrogen and oxygen atoms in total. The van der Waals surface area contributed by atoms with E-state index in [1.807, 2.05) is 18.2 Å². The quantitative estimate of drug-likeness (QED) is 0.687. The van der Waals surface area contributed by atoms with Crippen molar-refractivity contribution < 1.29 is 9.53 Å². The van der Waals surface area contributed by atoms with Gasteiger partial charge in [0.25, 0.3) is 0 Å². The number of ether oxygens (including phenoxy) is 1. The Hall–Kier alpha value is -1.29. The number of benzene rings is 1. The highest BCUT2D eigenvalue weighted by molar-refractivity contribution is 9.09. The molecule has 0 fully saturated rings. The van der Waals surface area contributed by atoms with E-state index in [0.717, 1.165) is 16.7 Å². The van der Waals surface area contributed by atoms with Crippen LogP contribution in [0.4, 0.5) is 0 Å². The van der Waals surface area contributed by atoms with Crippen LogP contribution < -0.4 is 4.74 Å². The molecule has 2 aromatic rings. The van der Waals surface area contributed by atoms with Gasteiger partial charge in [-0.25, -0.2) is 0 Å². The molecule has 0 unspecified atom stereocenters. The van der Waals surface area contributed by atoms with Gasteiger partial charge in [-0.3, -0.25) is 4.79 Å². The Bertz CT molecular complexity index is 504. The van der Waals surface area contributed by atoms with Crippen LogP contribution in [0.2, 0.25) is 0 Å². The maximum atomic E-state index is 11.6. The summed E-state index contributed by atoms with van der Waals surface area (Å²) in [6.45, 7) is 0. The Morgan fingerprint density at radius 1 is 1.53 bits per heavy atom. The first-order valence-corrected chi connectivity index (χ1v) is 5.63. The van der Waals surface area contributed by atoms with Gasteiger partial charge in [0.15, 0.2) is 5.78 Å². The topological polar surface area (TPSA) is 42.1 Å². The largest absolute Gasteiger partial charge is 0.496 e. The number of nitrogens with one attached hydrogen (secondary N) is 1. The second kappa shape index (κ2) is 4.06. The molecule has 0 saturated heterocycles. The lowest BCUT2D eigenvalue weighted by Crippen LogP contribution is -1.99. The molecule has 0 atom stereocenters. The number of hydrogen-bond donors (Lipinski definition) is 1. The van der Waals surface area contributed by atoms with Crippen molar-refractivity contribution in [1.29, 1.82) is 0 Å². The predicted octanol–water partition coefficient (Wildman–Crippen LogP) is 2.75. The molecular weight excluding hydrogens is 258 g/mol. The van der Waals surface area contributed by atoms with Crippen molar-refractivity contribution in [3.05, 3.63) is 30.0 Å². The van der Waals surface area contributed by atoms with Crippen LogP contribution in [-0.4, -0.2) is 23.2 Å². The molecule has 0 spiro atoms. The van der Waals surface area contributed by atoms with Crippen molar-refractivity contribution >= 4 is 32.6 Å². The van der Waals surface area contributed by atoms with Crippen molar-refractivity contribution in [2.45, 2.75) is 0 Å². The van der Waals surface area contributed by atoms with E-state index in [2.05, 4.69) is 20.9 Å². The summed E-state index contributed by atoms with van der Waals surface area (Å²) in [5.74, 6) is 0.767. The first-order valence-electron chi connectivity index (χ1n) is 4.51. The van der Waals surface area contributed by atoms with Crippen LogP contribution in [0, 0.1) is 0 Å². The molecule has 0 radical (unpaired) electrons. The van der Waals surface area contributed by atoms with E-state index < -0.39 is 0 Å². The van der Waals surface area contributed by atoms with Crippen LogP contribution in [0.3, 0.4) is 0 Å². The smallest absolute Gasteiger partial charge is 0.175 e. The van der Waals surface area contributed by atoms with Crippen molar-refractivity contribution in [2.24, 2.45) is 0 Å². The van der Waals surface area contributed by atoms with Gasteiger partial charge < -0.3 is 9.72 Å². The number of carbonyl (C=O) groups is 1. The fourth-order valence-corrected chi connectivity index (χ4v) is 1.92. The fourth-order valence-electron chi connectivity index (χ4n) is 1.61. The highest BCUT2D eigenvalue weighted by Crippen LogP contribution is 2.28. The SMILES string of the molecule is COc1cccc2[nH]cc(C(=O)CBr)c12. The molecule has 0 aliphatic carbocycles. The molecule has 15 heavy (non-hydrogen) atoms. The zero-order valence-corrected chi connectivity index (χ0v) is 9.80. The number of rotatable bonds is 3. The molecule has 1 aromatic carbocycles. The zero-order valence-electron chi connectivity index (χ0n) is 8.21. The fraction of sp³-hybridized carbons (Fsp3) is 0.182. The lowest BCUT2D eigenvalue weighted by atomic mass is 10.1. The zero-order chi connectivity index (χ0) is 10.8. The minimum Gasteiger partial charge on any atom is -0.496 e. The summed E-state index contributed by atoms with van der Waals surface area (Å²) in [5.41, 5.74) is 1.58. The van der Waals surface area contributed by atoms with Crippen LogP contribution in [-0.2, 0) is 0 Å². The Kier molecular flexibility index (Phi) is 2.77. The molecule has 1 N–H and O–H groups in total. The third-order valence-electron chi connectivity index (χ3n) is 2.31. The minimum absolute atomic E-state index is 0.0470. The number of alkyl halides is 1. The number of Topliss-reactive ketones (excluding diaryl/α,β-unsaturated/α-hetero) is 1. The third kappa shape index (κ3) is 1.65. The minimum atomic E-state index is 0.0470. The Morgan fingerprint density at radius 3 is 3.00 bits per heavy atom. The van der Waals surface area contributed by atoms with Gasteiger partial charge in [0.05, 0.1) is 17.8 Å².